The van der Waals surface area contributed by atoms with Gasteiger partial charge in [0.05, 0.1) is 11.6 Å². The minimum absolute atomic E-state index is 0.702. The number of nitriles is 1. The Bertz CT molecular complexity index is 266. The SMILES string of the molecule is N#CC1=C/C=C\CC/C(Br)=C\1. The van der Waals surface area contributed by atoms with Gasteiger partial charge in [-0.3, -0.25) is 0 Å². The Balaban J connectivity index is 2.89. The number of rotatable bonds is 0. The van der Waals surface area contributed by atoms with Crippen LogP contribution < -0.4 is 0 Å². The van der Waals surface area contributed by atoms with Gasteiger partial charge >= 0.3 is 0 Å². The van der Waals surface area contributed by atoms with Gasteiger partial charge in [0.2, 0.25) is 0 Å². The average molecular weight is 210 g/mol. The normalized spacial score (nSPS) is 29.8. The highest BCUT2D eigenvalue weighted by Gasteiger charge is 1.95. The molecule has 0 radical (unpaired) electrons. The summed E-state index contributed by atoms with van der Waals surface area (Å²) in [6.07, 6.45) is 9.69. The fraction of sp³-hybridized carbons (Fsp3) is 0.222. The zero-order valence-electron chi connectivity index (χ0n) is 6.05. The predicted octanol–water partition coefficient (Wildman–Crippen LogP) is 3.07. The van der Waals surface area contributed by atoms with E-state index in [0.717, 1.165) is 17.3 Å². The molecule has 56 valence electrons. The Morgan fingerprint density at radius 2 is 2.36 bits per heavy atom. The van der Waals surface area contributed by atoms with Crippen LogP contribution in [0.4, 0.5) is 0 Å². The zero-order chi connectivity index (χ0) is 8.10. The molecule has 0 aromatic carbocycles. The van der Waals surface area contributed by atoms with Crippen LogP contribution in [0.15, 0.2) is 34.4 Å². The molecule has 1 nitrogen and oxygen atoms in total. The number of hydrogen-bond acceptors (Lipinski definition) is 1. The summed E-state index contributed by atoms with van der Waals surface area (Å²) in [4.78, 5) is 0. The van der Waals surface area contributed by atoms with E-state index in [1.165, 1.54) is 0 Å². The van der Waals surface area contributed by atoms with Gasteiger partial charge in [-0.2, -0.15) is 5.26 Å². The third-order valence-corrected chi connectivity index (χ3v) is 2.03. The van der Waals surface area contributed by atoms with E-state index in [-0.39, 0.29) is 0 Å². The van der Waals surface area contributed by atoms with Crippen molar-refractivity contribution >= 4 is 15.9 Å². The predicted molar refractivity (Wildman–Crippen MR) is 49.1 cm³/mol. The molecular formula is C9H8BrN. The summed E-state index contributed by atoms with van der Waals surface area (Å²) in [6.45, 7) is 0. The van der Waals surface area contributed by atoms with Gasteiger partial charge in [0, 0.05) is 0 Å². The molecule has 11 heavy (non-hydrogen) atoms. The zero-order valence-corrected chi connectivity index (χ0v) is 7.63. The van der Waals surface area contributed by atoms with Crippen molar-refractivity contribution in [3.8, 4) is 6.07 Å². The molecular weight excluding hydrogens is 202 g/mol. The van der Waals surface area contributed by atoms with Gasteiger partial charge in [-0.25, -0.2) is 0 Å². The smallest absolute Gasteiger partial charge is 0.0991 e. The lowest BCUT2D eigenvalue weighted by atomic mass is 10.1. The molecule has 0 unspecified atom stereocenters. The van der Waals surface area contributed by atoms with Crippen LogP contribution in [0.5, 0.6) is 0 Å². The summed E-state index contributed by atoms with van der Waals surface area (Å²) >= 11 is 3.39. The maximum Gasteiger partial charge on any atom is 0.0991 e. The van der Waals surface area contributed by atoms with Crippen molar-refractivity contribution in [2.24, 2.45) is 0 Å². The van der Waals surface area contributed by atoms with Crippen LogP contribution in [0.2, 0.25) is 0 Å². The van der Waals surface area contributed by atoms with Gasteiger partial charge in [-0.15, -0.1) is 0 Å². The van der Waals surface area contributed by atoms with Crippen LogP contribution in [0.25, 0.3) is 0 Å². The van der Waals surface area contributed by atoms with Crippen molar-refractivity contribution < 1.29 is 0 Å². The maximum atomic E-state index is 8.61. The third kappa shape index (κ3) is 2.73. The molecule has 0 fully saturated rings. The van der Waals surface area contributed by atoms with Crippen LogP contribution in [-0.4, -0.2) is 0 Å². The Labute approximate surface area is 74.8 Å². The molecule has 1 aliphatic carbocycles. The van der Waals surface area contributed by atoms with E-state index in [9.17, 15) is 0 Å². The highest BCUT2D eigenvalue weighted by atomic mass is 79.9. The largest absolute Gasteiger partial charge is 0.192 e. The molecule has 0 atom stereocenters. The van der Waals surface area contributed by atoms with Gasteiger partial charge in [0.15, 0.2) is 0 Å². The van der Waals surface area contributed by atoms with Gasteiger partial charge in [0.1, 0.15) is 0 Å². The van der Waals surface area contributed by atoms with Crippen molar-refractivity contribution in [1.29, 1.82) is 5.26 Å². The third-order valence-electron chi connectivity index (χ3n) is 1.40. The highest BCUT2D eigenvalue weighted by Crippen LogP contribution is 2.17. The highest BCUT2D eigenvalue weighted by molar-refractivity contribution is 9.11. The van der Waals surface area contributed by atoms with Crippen molar-refractivity contribution in [1.82, 2.24) is 0 Å². The second kappa shape index (κ2) is 4.15. The Hall–Kier alpha value is -0.810. The van der Waals surface area contributed by atoms with Crippen LogP contribution in [0.3, 0.4) is 0 Å². The quantitative estimate of drug-likeness (QED) is 0.602. The van der Waals surface area contributed by atoms with E-state index in [0.29, 0.717) is 5.57 Å². The van der Waals surface area contributed by atoms with E-state index in [1.54, 1.807) is 0 Å². The van der Waals surface area contributed by atoms with E-state index < -0.39 is 0 Å². The fourth-order valence-electron chi connectivity index (χ4n) is 0.848. The minimum Gasteiger partial charge on any atom is -0.192 e. The van der Waals surface area contributed by atoms with Crippen LogP contribution in [0, 0.1) is 11.3 Å². The van der Waals surface area contributed by atoms with Crippen molar-refractivity contribution in [2.45, 2.75) is 12.8 Å². The van der Waals surface area contributed by atoms with Crippen LogP contribution in [-0.2, 0) is 0 Å². The summed E-state index contributed by atoms with van der Waals surface area (Å²) < 4.78 is 1.09. The molecule has 0 bridgehead atoms. The molecule has 0 aromatic rings. The van der Waals surface area contributed by atoms with Crippen LogP contribution in [0.1, 0.15) is 12.8 Å². The molecule has 0 heterocycles. The molecule has 1 aliphatic rings. The lowest BCUT2D eigenvalue weighted by Gasteiger charge is -1.97. The number of halogens is 1. The minimum atomic E-state index is 0.702. The van der Waals surface area contributed by atoms with Gasteiger partial charge in [0.25, 0.3) is 0 Å². The first kappa shape index (κ1) is 8.29. The van der Waals surface area contributed by atoms with E-state index in [4.69, 9.17) is 5.26 Å². The molecule has 0 aromatic heterocycles. The molecule has 0 spiro atoms. The topological polar surface area (TPSA) is 23.8 Å². The molecule has 0 amide bonds. The fourth-order valence-corrected chi connectivity index (χ4v) is 1.32. The lowest BCUT2D eigenvalue weighted by Crippen LogP contribution is -1.79. The van der Waals surface area contributed by atoms with Crippen molar-refractivity contribution in [3.63, 3.8) is 0 Å². The number of allylic oxidation sites excluding steroid dienone is 6. The summed E-state index contributed by atoms with van der Waals surface area (Å²) in [7, 11) is 0. The monoisotopic (exact) mass is 209 g/mol. The Kier molecular flexibility index (Phi) is 3.13. The van der Waals surface area contributed by atoms with E-state index >= 15 is 0 Å². The molecule has 1 rings (SSSR count). The van der Waals surface area contributed by atoms with Gasteiger partial charge < -0.3 is 0 Å². The Morgan fingerprint density at radius 1 is 1.55 bits per heavy atom. The van der Waals surface area contributed by atoms with E-state index in [1.807, 2.05) is 18.2 Å². The first-order valence-electron chi connectivity index (χ1n) is 3.46. The second-order valence-corrected chi connectivity index (χ2v) is 3.31. The van der Waals surface area contributed by atoms with Crippen LogP contribution >= 0.6 is 15.9 Å². The summed E-state index contributed by atoms with van der Waals surface area (Å²) in [5.41, 5.74) is 0.702. The lowest BCUT2D eigenvalue weighted by molar-refractivity contribution is 1.04. The average Bonchev–Trinajstić information content (AvgIpc) is 1.96. The standard InChI is InChI=1S/C9H8BrN/c10-9-5-3-1-2-4-8(6-9)7-11/h1-2,4,6H,3,5H2/b2-1-,8-4+,9-6+. The molecule has 2 heteroatoms. The molecule has 0 saturated heterocycles. The number of nitrogens with zero attached hydrogens (tertiary/aromatic N) is 1. The summed E-state index contributed by atoms with van der Waals surface area (Å²) in [5, 5.41) is 8.61. The Morgan fingerprint density at radius 3 is 3.09 bits per heavy atom. The van der Waals surface area contributed by atoms with E-state index in [2.05, 4.69) is 28.1 Å². The number of hydrogen-bond donors (Lipinski definition) is 0. The second-order valence-electron chi connectivity index (χ2n) is 2.29. The first-order valence-corrected chi connectivity index (χ1v) is 4.25. The maximum absolute atomic E-state index is 8.61. The molecule has 0 aliphatic heterocycles. The molecule has 0 saturated carbocycles. The summed E-state index contributed by atoms with van der Waals surface area (Å²) in [5.74, 6) is 0. The van der Waals surface area contributed by atoms with Gasteiger partial charge in [-0.1, -0.05) is 28.1 Å². The van der Waals surface area contributed by atoms with Crippen molar-refractivity contribution in [2.75, 3.05) is 0 Å². The van der Waals surface area contributed by atoms with Gasteiger partial charge in [-0.05, 0) is 29.5 Å². The van der Waals surface area contributed by atoms with Crippen molar-refractivity contribution in [3.05, 3.63) is 34.4 Å². The first-order chi connectivity index (χ1) is 5.33. The summed E-state index contributed by atoms with van der Waals surface area (Å²) in [6, 6.07) is 2.11. The molecule has 0 N–H and O–H groups in total.